The number of nitrogens with one attached hydrogen (secondary N) is 1. The molecule has 0 spiro atoms. The van der Waals surface area contributed by atoms with E-state index in [4.69, 9.17) is 13.6 Å². The number of esters is 1. The SMILES string of the molecule is COC(=O)[C@H](C)NCc1cccc(O[Si](C)(C)C(C)(C)C)c1O[Si](C)(C)C(C)(C)C. The minimum atomic E-state index is -2.10. The maximum Gasteiger partial charge on any atom is 0.322 e. The summed E-state index contributed by atoms with van der Waals surface area (Å²) in [5.74, 6) is 1.32. The average Bonchev–Trinajstić information content (AvgIpc) is 2.58. The van der Waals surface area contributed by atoms with Crippen LogP contribution in [-0.4, -0.2) is 35.8 Å². The molecule has 30 heavy (non-hydrogen) atoms. The van der Waals surface area contributed by atoms with Crippen LogP contribution in [0.5, 0.6) is 11.5 Å². The van der Waals surface area contributed by atoms with Crippen molar-refractivity contribution in [1.29, 1.82) is 0 Å². The summed E-state index contributed by atoms with van der Waals surface area (Å²) in [5, 5.41) is 3.39. The summed E-state index contributed by atoms with van der Waals surface area (Å²) in [6.45, 7) is 24.7. The Labute approximate surface area is 186 Å². The number of methoxy groups -OCH3 is 1. The molecule has 0 unspecified atom stereocenters. The Bertz CT molecular complexity index is 734. The van der Waals surface area contributed by atoms with E-state index in [1.807, 2.05) is 18.2 Å². The average molecular weight is 454 g/mol. The van der Waals surface area contributed by atoms with E-state index in [-0.39, 0.29) is 16.0 Å². The lowest BCUT2D eigenvalue weighted by atomic mass is 10.1. The number of ether oxygens (including phenoxy) is 1. The van der Waals surface area contributed by atoms with Gasteiger partial charge >= 0.3 is 5.97 Å². The summed E-state index contributed by atoms with van der Waals surface area (Å²) in [6, 6.07) is 5.65. The Morgan fingerprint density at radius 2 is 1.47 bits per heavy atom. The van der Waals surface area contributed by atoms with Crippen LogP contribution in [0.2, 0.25) is 36.3 Å². The molecule has 0 aliphatic heterocycles. The van der Waals surface area contributed by atoms with Gasteiger partial charge < -0.3 is 18.9 Å². The summed E-state index contributed by atoms with van der Waals surface area (Å²) in [6.07, 6.45) is 0. The number of hydrogen-bond donors (Lipinski definition) is 1. The quantitative estimate of drug-likeness (QED) is 0.380. The van der Waals surface area contributed by atoms with Gasteiger partial charge in [-0.15, -0.1) is 0 Å². The van der Waals surface area contributed by atoms with Gasteiger partial charge in [0.1, 0.15) is 17.5 Å². The molecule has 1 atom stereocenters. The Morgan fingerprint density at radius 3 is 1.93 bits per heavy atom. The molecule has 172 valence electrons. The van der Waals surface area contributed by atoms with E-state index in [0.717, 1.165) is 17.1 Å². The monoisotopic (exact) mass is 453 g/mol. The summed E-state index contributed by atoms with van der Waals surface area (Å²) in [7, 11) is -2.74. The zero-order valence-corrected chi connectivity index (χ0v) is 23.1. The molecular weight excluding hydrogens is 410 g/mol. The Balaban J connectivity index is 3.39. The van der Waals surface area contributed by atoms with E-state index >= 15 is 0 Å². The van der Waals surface area contributed by atoms with Gasteiger partial charge in [-0.1, -0.05) is 53.7 Å². The molecule has 7 heteroatoms. The van der Waals surface area contributed by atoms with E-state index in [0.29, 0.717) is 6.54 Å². The molecule has 0 aliphatic carbocycles. The van der Waals surface area contributed by atoms with Gasteiger partial charge in [0.25, 0.3) is 16.6 Å². The highest BCUT2D eigenvalue weighted by Gasteiger charge is 2.42. The van der Waals surface area contributed by atoms with Gasteiger partial charge in [0.2, 0.25) is 0 Å². The largest absolute Gasteiger partial charge is 0.541 e. The van der Waals surface area contributed by atoms with Gasteiger partial charge in [0.05, 0.1) is 7.11 Å². The van der Waals surface area contributed by atoms with Crippen molar-refractivity contribution in [2.75, 3.05) is 7.11 Å². The molecule has 1 rings (SSSR count). The Hall–Kier alpha value is -1.32. The minimum absolute atomic E-state index is 0.0566. The van der Waals surface area contributed by atoms with Crippen LogP contribution in [-0.2, 0) is 16.1 Å². The first-order valence-corrected chi connectivity index (χ1v) is 16.6. The second-order valence-electron chi connectivity index (χ2n) is 11.1. The van der Waals surface area contributed by atoms with Crippen molar-refractivity contribution in [2.24, 2.45) is 0 Å². The van der Waals surface area contributed by atoms with Crippen LogP contribution in [0, 0.1) is 0 Å². The van der Waals surface area contributed by atoms with Crippen molar-refractivity contribution < 1.29 is 18.4 Å². The van der Waals surface area contributed by atoms with Crippen LogP contribution >= 0.6 is 0 Å². The third-order valence-corrected chi connectivity index (χ3v) is 15.2. The number of hydrogen-bond acceptors (Lipinski definition) is 5. The molecule has 0 aromatic heterocycles. The highest BCUT2D eigenvalue weighted by Crippen LogP contribution is 2.44. The fourth-order valence-corrected chi connectivity index (χ4v) is 4.32. The molecule has 0 saturated heterocycles. The van der Waals surface area contributed by atoms with Crippen LogP contribution in [0.1, 0.15) is 54.0 Å². The molecule has 0 radical (unpaired) electrons. The van der Waals surface area contributed by atoms with Crippen LogP contribution in [0.25, 0.3) is 0 Å². The van der Waals surface area contributed by atoms with E-state index in [1.54, 1.807) is 6.92 Å². The van der Waals surface area contributed by atoms with Crippen molar-refractivity contribution in [3.8, 4) is 11.5 Å². The number of carbonyl (C=O) groups is 1. The lowest BCUT2D eigenvalue weighted by Crippen LogP contribution is -2.46. The Morgan fingerprint density at radius 1 is 0.967 bits per heavy atom. The van der Waals surface area contributed by atoms with Crippen molar-refractivity contribution in [3.05, 3.63) is 23.8 Å². The van der Waals surface area contributed by atoms with Gasteiger partial charge in [0.15, 0.2) is 0 Å². The standard InChI is InChI=1S/C23H43NO4Si2/c1-17(21(25)26-8)24-16-18-14-13-15-19(27-29(9,10)22(2,3)4)20(18)28-30(11,12)23(5,6)7/h13-15,17,24H,16H2,1-12H3/t17-/m0/s1. The zero-order chi connectivity index (χ0) is 23.5. The van der Waals surface area contributed by atoms with Gasteiger partial charge in [-0.05, 0) is 49.3 Å². The van der Waals surface area contributed by atoms with E-state index in [1.165, 1.54) is 7.11 Å². The molecule has 0 bridgehead atoms. The topological polar surface area (TPSA) is 56.8 Å². The minimum Gasteiger partial charge on any atom is -0.541 e. The van der Waals surface area contributed by atoms with Crippen molar-refractivity contribution in [1.82, 2.24) is 5.32 Å². The van der Waals surface area contributed by atoms with Gasteiger partial charge in [0, 0.05) is 12.1 Å². The first kappa shape index (κ1) is 26.7. The second-order valence-corrected chi connectivity index (χ2v) is 20.5. The molecule has 0 fully saturated rings. The zero-order valence-electron chi connectivity index (χ0n) is 21.1. The number of benzene rings is 1. The van der Waals surface area contributed by atoms with Crippen LogP contribution < -0.4 is 14.2 Å². The predicted octanol–water partition coefficient (Wildman–Crippen LogP) is 6.11. The molecule has 0 saturated carbocycles. The van der Waals surface area contributed by atoms with Gasteiger partial charge in [-0.25, -0.2) is 0 Å². The summed E-state index contributed by atoms with van der Waals surface area (Å²) >= 11 is 0. The first-order valence-electron chi connectivity index (χ1n) is 10.7. The van der Waals surface area contributed by atoms with Crippen molar-refractivity contribution >= 4 is 22.6 Å². The summed E-state index contributed by atoms with van der Waals surface area (Å²) in [4.78, 5) is 11.8. The highest BCUT2D eigenvalue weighted by molar-refractivity contribution is 6.75. The fraction of sp³-hybridized carbons (Fsp3) is 0.696. The van der Waals surface area contributed by atoms with Crippen molar-refractivity contribution in [3.63, 3.8) is 0 Å². The number of para-hydroxylation sites is 1. The molecule has 0 heterocycles. The maximum atomic E-state index is 11.8. The second kappa shape index (κ2) is 9.44. The molecule has 1 aromatic rings. The van der Waals surface area contributed by atoms with E-state index in [2.05, 4.69) is 73.0 Å². The molecule has 1 aromatic carbocycles. The molecule has 0 aliphatic rings. The third-order valence-electron chi connectivity index (χ3n) is 6.55. The van der Waals surface area contributed by atoms with Gasteiger partial charge in [-0.3, -0.25) is 4.79 Å². The highest BCUT2D eigenvalue weighted by atomic mass is 28.4. The maximum absolute atomic E-state index is 11.8. The van der Waals surface area contributed by atoms with Gasteiger partial charge in [-0.2, -0.15) is 0 Å². The third kappa shape index (κ3) is 6.59. The van der Waals surface area contributed by atoms with Crippen LogP contribution in [0.4, 0.5) is 0 Å². The van der Waals surface area contributed by atoms with E-state index in [9.17, 15) is 4.79 Å². The van der Waals surface area contributed by atoms with Crippen LogP contribution in [0.15, 0.2) is 18.2 Å². The molecule has 5 nitrogen and oxygen atoms in total. The molecular formula is C23H43NO4Si2. The first-order chi connectivity index (χ1) is 13.4. The summed E-state index contributed by atoms with van der Waals surface area (Å²) < 4.78 is 18.3. The van der Waals surface area contributed by atoms with E-state index < -0.39 is 22.7 Å². The van der Waals surface area contributed by atoms with Crippen LogP contribution in [0.3, 0.4) is 0 Å². The molecule has 1 N–H and O–H groups in total. The van der Waals surface area contributed by atoms with Crippen molar-refractivity contribution in [2.45, 2.75) is 97.3 Å². The summed E-state index contributed by atoms with van der Waals surface area (Å²) in [5.41, 5.74) is 0.992. The molecule has 0 amide bonds. The lowest BCUT2D eigenvalue weighted by Gasteiger charge is -2.40. The number of carbonyl (C=O) groups excluding carboxylic acids is 1. The number of rotatable bonds is 8. The Kier molecular flexibility index (Phi) is 8.41. The predicted molar refractivity (Wildman–Crippen MR) is 130 cm³/mol. The fourth-order valence-electron chi connectivity index (χ4n) is 2.26. The normalized spacial score (nSPS) is 14.3. The lowest BCUT2D eigenvalue weighted by molar-refractivity contribution is -0.142. The smallest absolute Gasteiger partial charge is 0.322 e.